The molecule has 1 atom stereocenters. The largest absolute Gasteiger partial charge is 0.363 e. The monoisotopic (exact) mass is 380 g/mol. The first-order valence-corrected chi connectivity index (χ1v) is 10.5. The smallest absolute Gasteiger partial charge is 0.240 e. The van der Waals surface area contributed by atoms with Crippen LogP contribution in [0.3, 0.4) is 0 Å². The summed E-state index contributed by atoms with van der Waals surface area (Å²) in [6.07, 6.45) is 0. The highest BCUT2D eigenvalue weighted by Crippen LogP contribution is 2.27. The Hall–Kier alpha value is -2.63. The lowest BCUT2D eigenvalue weighted by Gasteiger charge is -2.33. The molecule has 0 radical (unpaired) electrons. The van der Waals surface area contributed by atoms with Crippen LogP contribution in [0.25, 0.3) is 0 Å². The van der Waals surface area contributed by atoms with E-state index in [1.54, 1.807) is 30.3 Å². The van der Waals surface area contributed by atoms with Gasteiger partial charge in [-0.25, -0.2) is 13.1 Å². The first kappa shape index (κ1) is 19.1. The summed E-state index contributed by atoms with van der Waals surface area (Å²) in [5, 5.41) is 0. The van der Waals surface area contributed by atoms with Crippen molar-refractivity contribution in [3.63, 3.8) is 0 Å². The van der Waals surface area contributed by atoms with Crippen molar-refractivity contribution in [3.05, 3.63) is 96.6 Å². The Kier molecular flexibility index (Phi) is 6.27. The van der Waals surface area contributed by atoms with E-state index in [0.29, 0.717) is 0 Å². The zero-order chi connectivity index (χ0) is 19.1. The summed E-state index contributed by atoms with van der Waals surface area (Å²) in [4.78, 5) is 2.49. The highest BCUT2D eigenvalue weighted by molar-refractivity contribution is 7.89. The Morgan fingerprint density at radius 1 is 0.815 bits per heavy atom. The minimum Gasteiger partial charge on any atom is -0.363 e. The SMILES string of the molecule is CCN(c1ccccc1)[C@@H](CNS(=O)(=O)c1ccccc1)c1ccccc1. The van der Waals surface area contributed by atoms with Crippen LogP contribution in [-0.4, -0.2) is 21.5 Å². The van der Waals surface area contributed by atoms with E-state index in [2.05, 4.69) is 16.5 Å². The third-order valence-corrected chi connectivity index (χ3v) is 5.95. The summed E-state index contributed by atoms with van der Waals surface area (Å²) in [7, 11) is -3.56. The molecule has 140 valence electrons. The number of anilines is 1. The molecule has 27 heavy (non-hydrogen) atoms. The molecule has 0 heterocycles. The van der Waals surface area contributed by atoms with Crippen molar-refractivity contribution >= 4 is 15.7 Å². The van der Waals surface area contributed by atoms with Gasteiger partial charge in [0.05, 0.1) is 10.9 Å². The van der Waals surface area contributed by atoms with Crippen LogP contribution in [0.2, 0.25) is 0 Å². The molecule has 3 aromatic carbocycles. The topological polar surface area (TPSA) is 49.4 Å². The van der Waals surface area contributed by atoms with E-state index in [-0.39, 0.29) is 17.5 Å². The molecule has 0 bridgehead atoms. The fourth-order valence-electron chi connectivity index (χ4n) is 3.16. The van der Waals surface area contributed by atoms with Gasteiger partial charge in [-0.2, -0.15) is 0 Å². The summed E-state index contributed by atoms with van der Waals surface area (Å²) in [5.74, 6) is 0. The molecular weight excluding hydrogens is 356 g/mol. The maximum absolute atomic E-state index is 12.7. The lowest BCUT2D eigenvalue weighted by molar-refractivity contribution is 0.561. The van der Waals surface area contributed by atoms with Crippen LogP contribution >= 0.6 is 0 Å². The Morgan fingerprint density at radius 3 is 1.89 bits per heavy atom. The van der Waals surface area contributed by atoms with Crippen LogP contribution in [0.1, 0.15) is 18.5 Å². The summed E-state index contributed by atoms with van der Waals surface area (Å²) < 4.78 is 28.2. The predicted molar refractivity (Wildman–Crippen MR) is 110 cm³/mol. The van der Waals surface area contributed by atoms with Gasteiger partial charge in [0.1, 0.15) is 0 Å². The maximum atomic E-state index is 12.7. The number of hydrogen-bond acceptors (Lipinski definition) is 3. The van der Waals surface area contributed by atoms with E-state index in [1.807, 2.05) is 60.7 Å². The molecule has 0 aliphatic heterocycles. The van der Waals surface area contributed by atoms with Gasteiger partial charge in [0.25, 0.3) is 0 Å². The summed E-state index contributed by atoms with van der Waals surface area (Å²) in [6.45, 7) is 3.12. The molecule has 1 N–H and O–H groups in total. The Balaban J connectivity index is 1.89. The lowest BCUT2D eigenvalue weighted by atomic mass is 10.0. The van der Waals surface area contributed by atoms with E-state index in [9.17, 15) is 8.42 Å². The number of para-hydroxylation sites is 1. The van der Waals surface area contributed by atoms with E-state index < -0.39 is 10.0 Å². The fourth-order valence-corrected chi connectivity index (χ4v) is 4.22. The van der Waals surface area contributed by atoms with E-state index in [4.69, 9.17) is 0 Å². The minimum absolute atomic E-state index is 0.114. The minimum atomic E-state index is -3.56. The summed E-state index contributed by atoms with van der Waals surface area (Å²) in [6, 6.07) is 28.4. The molecule has 0 fully saturated rings. The van der Waals surface area contributed by atoms with E-state index >= 15 is 0 Å². The molecule has 4 nitrogen and oxygen atoms in total. The second-order valence-electron chi connectivity index (χ2n) is 6.21. The van der Waals surface area contributed by atoms with Crippen LogP contribution in [0.4, 0.5) is 5.69 Å². The number of benzene rings is 3. The van der Waals surface area contributed by atoms with Crippen LogP contribution < -0.4 is 9.62 Å². The van der Waals surface area contributed by atoms with Crippen molar-refractivity contribution < 1.29 is 8.42 Å². The number of rotatable bonds is 8. The third-order valence-electron chi connectivity index (χ3n) is 4.51. The van der Waals surface area contributed by atoms with Crippen LogP contribution in [0, 0.1) is 0 Å². The van der Waals surface area contributed by atoms with Crippen molar-refractivity contribution in [3.8, 4) is 0 Å². The number of sulfonamides is 1. The average Bonchev–Trinajstić information content (AvgIpc) is 2.73. The average molecular weight is 381 g/mol. The van der Waals surface area contributed by atoms with Crippen molar-refractivity contribution in [1.29, 1.82) is 0 Å². The molecule has 5 heteroatoms. The molecule has 0 unspecified atom stereocenters. The van der Waals surface area contributed by atoms with Crippen LogP contribution in [-0.2, 0) is 10.0 Å². The van der Waals surface area contributed by atoms with Gasteiger partial charge in [0, 0.05) is 18.8 Å². The zero-order valence-electron chi connectivity index (χ0n) is 15.3. The third kappa shape index (κ3) is 4.76. The Morgan fingerprint density at radius 2 is 1.33 bits per heavy atom. The van der Waals surface area contributed by atoms with Gasteiger partial charge in [-0.3, -0.25) is 0 Å². The fraction of sp³-hybridized carbons (Fsp3) is 0.182. The molecule has 3 rings (SSSR count). The number of hydrogen-bond donors (Lipinski definition) is 1. The van der Waals surface area contributed by atoms with E-state index in [0.717, 1.165) is 17.8 Å². The van der Waals surface area contributed by atoms with Crippen molar-refractivity contribution in [2.45, 2.75) is 17.9 Å². The lowest BCUT2D eigenvalue weighted by Crippen LogP contribution is -2.38. The quantitative estimate of drug-likeness (QED) is 0.636. The summed E-state index contributed by atoms with van der Waals surface area (Å²) in [5.41, 5.74) is 2.13. The molecule has 0 aliphatic carbocycles. The zero-order valence-corrected chi connectivity index (χ0v) is 16.1. The van der Waals surface area contributed by atoms with Crippen molar-refractivity contribution in [2.24, 2.45) is 0 Å². The second kappa shape index (κ2) is 8.84. The molecule has 0 spiro atoms. The summed E-state index contributed by atoms with van der Waals surface area (Å²) >= 11 is 0. The number of likely N-dealkylation sites (N-methyl/N-ethyl adjacent to an activating group) is 1. The highest BCUT2D eigenvalue weighted by Gasteiger charge is 2.23. The Bertz CT molecular complexity index is 930. The molecule has 0 aromatic heterocycles. The first-order chi connectivity index (χ1) is 13.1. The van der Waals surface area contributed by atoms with Crippen LogP contribution in [0.5, 0.6) is 0 Å². The number of nitrogens with zero attached hydrogens (tertiary/aromatic N) is 1. The van der Waals surface area contributed by atoms with Gasteiger partial charge < -0.3 is 4.90 Å². The highest BCUT2D eigenvalue weighted by atomic mass is 32.2. The maximum Gasteiger partial charge on any atom is 0.240 e. The predicted octanol–water partition coefficient (Wildman–Crippen LogP) is 4.23. The van der Waals surface area contributed by atoms with Gasteiger partial charge in [0.15, 0.2) is 0 Å². The first-order valence-electron chi connectivity index (χ1n) is 9.03. The molecule has 3 aromatic rings. The van der Waals surface area contributed by atoms with Gasteiger partial charge in [-0.15, -0.1) is 0 Å². The van der Waals surface area contributed by atoms with Gasteiger partial charge in [-0.05, 0) is 36.8 Å². The standard InChI is InChI=1S/C22H24N2O2S/c1-2-24(20-14-8-4-9-15-20)22(19-12-6-3-7-13-19)18-23-27(25,26)21-16-10-5-11-17-21/h3-17,22-23H,2,18H2,1H3/t22-/m0/s1. The molecule has 0 amide bonds. The van der Waals surface area contributed by atoms with Crippen molar-refractivity contribution in [1.82, 2.24) is 4.72 Å². The van der Waals surface area contributed by atoms with Gasteiger partial charge in [-0.1, -0.05) is 66.7 Å². The number of nitrogens with one attached hydrogen (secondary N) is 1. The van der Waals surface area contributed by atoms with Crippen molar-refractivity contribution in [2.75, 3.05) is 18.0 Å². The van der Waals surface area contributed by atoms with Gasteiger partial charge in [0.2, 0.25) is 10.0 Å². The molecule has 0 aliphatic rings. The normalized spacial score (nSPS) is 12.5. The van der Waals surface area contributed by atoms with Crippen LogP contribution in [0.15, 0.2) is 95.9 Å². The second-order valence-corrected chi connectivity index (χ2v) is 7.98. The molecular formula is C22H24N2O2S. The van der Waals surface area contributed by atoms with E-state index in [1.165, 1.54) is 0 Å². The van der Waals surface area contributed by atoms with Gasteiger partial charge >= 0.3 is 0 Å². The molecule has 0 saturated carbocycles. The Labute approximate surface area is 161 Å². The molecule has 0 saturated heterocycles.